The third kappa shape index (κ3) is 4.15. The van der Waals surface area contributed by atoms with Crippen LogP contribution in [-0.4, -0.2) is 25.5 Å². The molecule has 1 atom stereocenters. The summed E-state index contributed by atoms with van der Waals surface area (Å²) in [5.74, 6) is 0. The van der Waals surface area contributed by atoms with Crippen molar-refractivity contribution in [2.45, 2.75) is 26.9 Å². The third-order valence-corrected chi connectivity index (χ3v) is 0.947. The molecule has 0 spiro atoms. The van der Waals surface area contributed by atoms with Gasteiger partial charge in [-0.25, -0.2) is 0 Å². The molecule has 0 aliphatic carbocycles. The van der Waals surface area contributed by atoms with Gasteiger partial charge in [0.05, 0.1) is 19.3 Å². The molecule has 0 aromatic carbocycles. The first kappa shape index (κ1) is 8.63. The highest BCUT2D eigenvalue weighted by molar-refractivity contribution is 5.59. The van der Waals surface area contributed by atoms with Crippen molar-refractivity contribution in [2.24, 2.45) is 4.99 Å². The van der Waals surface area contributed by atoms with Gasteiger partial charge < -0.3 is 4.74 Å². The zero-order valence-electron chi connectivity index (χ0n) is 6.42. The van der Waals surface area contributed by atoms with Gasteiger partial charge >= 0.3 is 0 Å². The zero-order chi connectivity index (χ0) is 7.11. The monoisotopic (exact) mass is 129 g/mol. The van der Waals surface area contributed by atoms with Crippen LogP contribution in [0.1, 0.15) is 20.8 Å². The van der Waals surface area contributed by atoms with Crippen molar-refractivity contribution in [3.8, 4) is 0 Å². The molecule has 2 heteroatoms. The second kappa shape index (κ2) is 5.76. The highest BCUT2D eigenvalue weighted by atomic mass is 16.5. The summed E-state index contributed by atoms with van der Waals surface area (Å²) in [7, 11) is 0. The molecule has 0 aromatic heterocycles. The molecule has 1 rings (SSSR count). The van der Waals surface area contributed by atoms with Crippen molar-refractivity contribution in [3.05, 3.63) is 0 Å². The maximum absolute atomic E-state index is 5.13. The van der Waals surface area contributed by atoms with Crippen LogP contribution in [0, 0.1) is 0 Å². The average Bonchev–Trinajstić information content (AvgIpc) is 1.94. The number of rotatable bonds is 0. The van der Waals surface area contributed by atoms with Crippen LogP contribution >= 0.6 is 0 Å². The van der Waals surface area contributed by atoms with E-state index in [1.54, 1.807) is 6.21 Å². The molecule has 0 saturated heterocycles. The van der Waals surface area contributed by atoms with Crippen LogP contribution in [0.4, 0.5) is 0 Å². The summed E-state index contributed by atoms with van der Waals surface area (Å²) in [6, 6.07) is 0. The van der Waals surface area contributed by atoms with Crippen LogP contribution in [0.3, 0.4) is 0 Å². The Labute approximate surface area is 56.9 Å². The van der Waals surface area contributed by atoms with Gasteiger partial charge in [-0.1, -0.05) is 13.8 Å². The predicted octanol–water partition coefficient (Wildman–Crippen LogP) is 1.50. The third-order valence-electron chi connectivity index (χ3n) is 0.947. The predicted molar refractivity (Wildman–Crippen MR) is 40.1 cm³/mol. The largest absolute Gasteiger partial charge is 0.371 e. The second-order valence-electron chi connectivity index (χ2n) is 1.69. The van der Waals surface area contributed by atoms with Gasteiger partial charge in [-0.15, -0.1) is 0 Å². The number of hydrogen-bond acceptors (Lipinski definition) is 2. The molecule has 1 heterocycles. The number of nitrogens with zero attached hydrogens (tertiary/aromatic N) is 1. The number of aliphatic imine (C=N–C) groups is 1. The van der Waals surface area contributed by atoms with E-state index in [1.165, 1.54) is 0 Å². The fourth-order valence-corrected chi connectivity index (χ4v) is 0.536. The standard InChI is InChI=1S/C5H9NO.C2H6/c1-5-4-6-2-3-7-5;1-2/h2,5H,3-4H2,1H3;1-2H3. The molecule has 0 bridgehead atoms. The first-order chi connectivity index (χ1) is 4.39. The van der Waals surface area contributed by atoms with E-state index in [0.717, 1.165) is 6.54 Å². The van der Waals surface area contributed by atoms with Gasteiger partial charge in [0.25, 0.3) is 0 Å². The van der Waals surface area contributed by atoms with Crippen LogP contribution < -0.4 is 0 Å². The van der Waals surface area contributed by atoms with E-state index >= 15 is 0 Å². The van der Waals surface area contributed by atoms with Gasteiger partial charge in [-0.3, -0.25) is 4.99 Å². The number of ether oxygens (including phenoxy) is 1. The maximum atomic E-state index is 5.13. The van der Waals surface area contributed by atoms with Crippen LogP contribution in [0.25, 0.3) is 0 Å². The van der Waals surface area contributed by atoms with Gasteiger partial charge in [-0.2, -0.15) is 0 Å². The number of hydrogen-bond donors (Lipinski definition) is 0. The minimum Gasteiger partial charge on any atom is -0.371 e. The van der Waals surface area contributed by atoms with E-state index in [1.807, 2.05) is 20.8 Å². The molecule has 0 radical (unpaired) electrons. The lowest BCUT2D eigenvalue weighted by molar-refractivity contribution is 0.0967. The lowest BCUT2D eigenvalue weighted by atomic mass is 10.4. The van der Waals surface area contributed by atoms with Crippen LogP contribution in [0.2, 0.25) is 0 Å². The Hall–Kier alpha value is -0.370. The zero-order valence-corrected chi connectivity index (χ0v) is 6.42. The minimum atomic E-state index is 0.338. The summed E-state index contributed by atoms with van der Waals surface area (Å²) in [6.07, 6.45) is 2.14. The summed E-state index contributed by atoms with van der Waals surface area (Å²) in [5.41, 5.74) is 0. The van der Waals surface area contributed by atoms with Gasteiger partial charge in [0.15, 0.2) is 0 Å². The van der Waals surface area contributed by atoms with Gasteiger partial charge in [0.1, 0.15) is 0 Å². The van der Waals surface area contributed by atoms with Crippen molar-refractivity contribution in [1.29, 1.82) is 0 Å². The fraction of sp³-hybridized carbons (Fsp3) is 0.857. The molecular formula is C7H15NO. The Kier molecular flexibility index (Phi) is 5.52. The molecule has 1 aliphatic heterocycles. The van der Waals surface area contributed by atoms with Crippen LogP contribution in [0.5, 0.6) is 0 Å². The van der Waals surface area contributed by atoms with Crippen LogP contribution in [-0.2, 0) is 4.74 Å². The maximum Gasteiger partial charge on any atom is 0.0818 e. The highest BCUT2D eigenvalue weighted by Gasteiger charge is 2.01. The summed E-state index contributed by atoms with van der Waals surface area (Å²) < 4.78 is 5.13. The Bertz CT molecular complexity index is 81.0. The first-order valence-electron chi connectivity index (χ1n) is 3.49. The molecular weight excluding hydrogens is 114 g/mol. The molecule has 1 unspecified atom stereocenters. The normalized spacial score (nSPS) is 24.6. The second-order valence-corrected chi connectivity index (χ2v) is 1.69. The Morgan fingerprint density at radius 2 is 2.22 bits per heavy atom. The lowest BCUT2D eigenvalue weighted by Crippen LogP contribution is -2.18. The minimum absolute atomic E-state index is 0.338. The molecule has 0 N–H and O–H groups in total. The summed E-state index contributed by atoms with van der Waals surface area (Å²) in [6.45, 7) is 7.55. The molecule has 0 amide bonds. The summed E-state index contributed by atoms with van der Waals surface area (Å²) >= 11 is 0. The van der Waals surface area contributed by atoms with Crippen molar-refractivity contribution in [3.63, 3.8) is 0 Å². The van der Waals surface area contributed by atoms with E-state index in [-0.39, 0.29) is 0 Å². The molecule has 0 fully saturated rings. The van der Waals surface area contributed by atoms with Gasteiger partial charge in [-0.05, 0) is 6.92 Å². The Morgan fingerprint density at radius 1 is 1.56 bits per heavy atom. The molecule has 9 heavy (non-hydrogen) atoms. The van der Waals surface area contributed by atoms with Crippen LogP contribution in [0.15, 0.2) is 4.99 Å². The van der Waals surface area contributed by atoms with Gasteiger partial charge in [0.2, 0.25) is 0 Å². The Morgan fingerprint density at radius 3 is 2.44 bits per heavy atom. The van der Waals surface area contributed by atoms with E-state index in [2.05, 4.69) is 4.99 Å². The summed E-state index contributed by atoms with van der Waals surface area (Å²) in [4.78, 5) is 4.01. The smallest absolute Gasteiger partial charge is 0.0818 e. The first-order valence-corrected chi connectivity index (χ1v) is 3.49. The highest BCUT2D eigenvalue weighted by Crippen LogP contribution is 1.93. The van der Waals surface area contributed by atoms with Crippen molar-refractivity contribution >= 4 is 6.21 Å². The topological polar surface area (TPSA) is 21.6 Å². The quantitative estimate of drug-likeness (QED) is 0.485. The average molecular weight is 129 g/mol. The molecule has 0 saturated carbocycles. The van der Waals surface area contributed by atoms with E-state index in [9.17, 15) is 0 Å². The molecule has 54 valence electrons. The lowest BCUT2D eigenvalue weighted by Gasteiger charge is -2.11. The van der Waals surface area contributed by atoms with Crippen molar-refractivity contribution < 1.29 is 4.74 Å². The Balaban J connectivity index is 0.000000291. The van der Waals surface area contributed by atoms with E-state index in [0.29, 0.717) is 12.7 Å². The summed E-state index contributed by atoms with van der Waals surface area (Å²) in [5, 5.41) is 0. The van der Waals surface area contributed by atoms with Crippen molar-refractivity contribution in [2.75, 3.05) is 13.2 Å². The molecule has 2 nitrogen and oxygen atoms in total. The molecule has 1 aliphatic rings. The SMILES string of the molecule is CC.CC1CN=CCO1. The van der Waals surface area contributed by atoms with Crippen molar-refractivity contribution in [1.82, 2.24) is 0 Å². The fourth-order valence-electron chi connectivity index (χ4n) is 0.536. The molecule has 0 aromatic rings. The van der Waals surface area contributed by atoms with E-state index < -0.39 is 0 Å². The van der Waals surface area contributed by atoms with E-state index in [4.69, 9.17) is 4.74 Å². The van der Waals surface area contributed by atoms with Gasteiger partial charge in [0, 0.05) is 6.21 Å².